The lowest BCUT2D eigenvalue weighted by Crippen LogP contribution is -2.54. The summed E-state index contributed by atoms with van der Waals surface area (Å²) in [5.41, 5.74) is 1.90. The number of ether oxygens (including phenoxy) is 1. The summed E-state index contributed by atoms with van der Waals surface area (Å²) in [6.07, 6.45) is -4.84. The van der Waals surface area contributed by atoms with Gasteiger partial charge in [-0.1, -0.05) is 12.1 Å². The summed E-state index contributed by atoms with van der Waals surface area (Å²) >= 11 is 0. The number of nitrogens with two attached hydrogens (primary N) is 1. The van der Waals surface area contributed by atoms with Crippen LogP contribution in [0.1, 0.15) is 12.5 Å². The average Bonchev–Trinajstić information content (AvgIpc) is 2.26. The van der Waals surface area contributed by atoms with E-state index in [-0.39, 0.29) is 5.56 Å². The van der Waals surface area contributed by atoms with Gasteiger partial charge in [-0.25, -0.2) is 0 Å². The number of hydrogen-bond donors (Lipinski definition) is 2. The van der Waals surface area contributed by atoms with Gasteiger partial charge in [0.1, 0.15) is 5.75 Å². The molecule has 2 unspecified atom stereocenters. The second-order valence-corrected chi connectivity index (χ2v) is 3.78. The zero-order valence-corrected chi connectivity index (χ0v) is 9.45. The molecule has 2 atom stereocenters. The van der Waals surface area contributed by atoms with Crippen LogP contribution in [0, 0.1) is 0 Å². The Morgan fingerprint density at radius 2 is 1.71 bits per heavy atom. The van der Waals surface area contributed by atoms with Crippen LogP contribution in [0.5, 0.6) is 5.75 Å². The third kappa shape index (κ3) is 2.37. The van der Waals surface area contributed by atoms with Crippen LogP contribution in [-0.4, -0.2) is 24.4 Å². The molecule has 96 valence electrons. The van der Waals surface area contributed by atoms with Crippen molar-refractivity contribution in [1.29, 1.82) is 0 Å². The first-order valence-corrected chi connectivity index (χ1v) is 4.92. The average molecular weight is 249 g/mol. The standard InChI is InChI=1S/C11H14F3NO2/c1-7(15)10(16,11(12,13)14)8-3-5-9(17-2)6-4-8/h3-7,16H,15H2,1-2H3. The van der Waals surface area contributed by atoms with Crippen molar-refractivity contribution in [3.8, 4) is 5.75 Å². The molecule has 0 bridgehead atoms. The van der Waals surface area contributed by atoms with Crippen LogP contribution < -0.4 is 10.5 Å². The first-order chi connectivity index (χ1) is 7.73. The normalized spacial score (nSPS) is 17.4. The quantitative estimate of drug-likeness (QED) is 0.858. The van der Waals surface area contributed by atoms with Crippen molar-refractivity contribution in [2.24, 2.45) is 5.73 Å². The van der Waals surface area contributed by atoms with Gasteiger partial charge in [0.2, 0.25) is 5.60 Å². The molecule has 3 N–H and O–H groups in total. The Kier molecular flexibility index (Phi) is 3.68. The number of alkyl halides is 3. The Hall–Kier alpha value is -1.27. The smallest absolute Gasteiger partial charge is 0.422 e. The second kappa shape index (κ2) is 4.54. The van der Waals surface area contributed by atoms with E-state index in [9.17, 15) is 18.3 Å². The molecular formula is C11H14F3NO2. The van der Waals surface area contributed by atoms with Gasteiger partial charge in [-0.05, 0) is 24.6 Å². The van der Waals surface area contributed by atoms with Crippen LogP contribution in [-0.2, 0) is 5.60 Å². The van der Waals surface area contributed by atoms with E-state index in [2.05, 4.69) is 0 Å². The Morgan fingerprint density at radius 3 is 2.00 bits per heavy atom. The highest BCUT2D eigenvalue weighted by Gasteiger charge is 2.57. The maximum absolute atomic E-state index is 12.9. The van der Waals surface area contributed by atoms with Gasteiger partial charge in [0, 0.05) is 6.04 Å². The molecule has 0 saturated heterocycles. The highest BCUT2D eigenvalue weighted by molar-refractivity contribution is 5.33. The van der Waals surface area contributed by atoms with E-state index in [4.69, 9.17) is 10.5 Å². The molecule has 0 spiro atoms. The van der Waals surface area contributed by atoms with Gasteiger partial charge in [0.25, 0.3) is 0 Å². The van der Waals surface area contributed by atoms with Crippen molar-refractivity contribution in [2.45, 2.75) is 24.7 Å². The van der Waals surface area contributed by atoms with Crippen molar-refractivity contribution >= 4 is 0 Å². The Bertz CT molecular complexity index is 375. The van der Waals surface area contributed by atoms with E-state index in [0.29, 0.717) is 5.75 Å². The molecule has 0 aromatic heterocycles. The topological polar surface area (TPSA) is 55.5 Å². The van der Waals surface area contributed by atoms with Crippen molar-refractivity contribution in [1.82, 2.24) is 0 Å². The van der Waals surface area contributed by atoms with Crippen molar-refractivity contribution in [2.75, 3.05) is 7.11 Å². The molecule has 1 rings (SSSR count). The Balaban J connectivity index is 3.24. The number of benzene rings is 1. The van der Waals surface area contributed by atoms with Gasteiger partial charge in [0.15, 0.2) is 0 Å². The van der Waals surface area contributed by atoms with Crippen LogP contribution in [0.4, 0.5) is 13.2 Å². The van der Waals surface area contributed by atoms with Gasteiger partial charge in [-0.15, -0.1) is 0 Å². The van der Waals surface area contributed by atoms with E-state index in [1.54, 1.807) is 0 Å². The molecule has 0 aliphatic carbocycles. The summed E-state index contributed by atoms with van der Waals surface area (Å²) in [5, 5.41) is 9.77. The molecule has 0 amide bonds. The molecule has 1 aromatic rings. The van der Waals surface area contributed by atoms with Crippen LogP contribution in [0.2, 0.25) is 0 Å². The fraction of sp³-hybridized carbons (Fsp3) is 0.455. The zero-order chi connectivity index (χ0) is 13.3. The van der Waals surface area contributed by atoms with E-state index < -0.39 is 17.8 Å². The molecule has 0 aliphatic heterocycles. The Labute approximate surface area is 97.0 Å². The van der Waals surface area contributed by atoms with Crippen molar-refractivity contribution in [3.63, 3.8) is 0 Å². The Morgan fingerprint density at radius 1 is 1.24 bits per heavy atom. The lowest BCUT2D eigenvalue weighted by molar-refractivity contribution is -0.272. The molecule has 0 aliphatic rings. The minimum Gasteiger partial charge on any atom is -0.497 e. The van der Waals surface area contributed by atoms with E-state index in [1.165, 1.54) is 19.2 Å². The second-order valence-electron chi connectivity index (χ2n) is 3.78. The van der Waals surface area contributed by atoms with E-state index in [0.717, 1.165) is 19.1 Å². The van der Waals surface area contributed by atoms with Crippen molar-refractivity contribution in [3.05, 3.63) is 29.8 Å². The molecule has 0 heterocycles. The molecular weight excluding hydrogens is 235 g/mol. The molecule has 3 nitrogen and oxygen atoms in total. The SMILES string of the molecule is COc1ccc(C(O)(C(C)N)C(F)(F)F)cc1. The van der Waals surface area contributed by atoms with Gasteiger partial charge >= 0.3 is 6.18 Å². The highest BCUT2D eigenvalue weighted by Crippen LogP contribution is 2.41. The third-order valence-electron chi connectivity index (χ3n) is 2.62. The van der Waals surface area contributed by atoms with Crippen LogP contribution in [0.3, 0.4) is 0 Å². The first kappa shape index (κ1) is 13.8. The number of aliphatic hydroxyl groups is 1. The lowest BCUT2D eigenvalue weighted by atomic mass is 9.87. The highest BCUT2D eigenvalue weighted by atomic mass is 19.4. The number of halogens is 3. The molecule has 0 radical (unpaired) electrons. The number of hydrogen-bond acceptors (Lipinski definition) is 3. The summed E-state index contributed by atoms with van der Waals surface area (Å²) in [5.74, 6) is 0.406. The van der Waals surface area contributed by atoms with E-state index >= 15 is 0 Å². The summed E-state index contributed by atoms with van der Waals surface area (Å²) in [4.78, 5) is 0. The van der Waals surface area contributed by atoms with E-state index in [1.807, 2.05) is 0 Å². The minimum atomic E-state index is -4.84. The van der Waals surface area contributed by atoms with Crippen LogP contribution >= 0.6 is 0 Å². The van der Waals surface area contributed by atoms with Gasteiger partial charge in [0.05, 0.1) is 7.11 Å². The maximum Gasteiger partial charge on any atom is 0.422 e. The van der Waals surface area contributed by atoms with Gasteiger partial charge in [-0.3, -0.25) is 0 Å². The predicted octanol–water partition coefficient (Wildman–Crippen LogP) is 1.79. The minimum absolute atomic E-state index is 0.305. The number of methoxy groups -OCH3 is 1. The van der Waals surface area contributed by atoms with Gasteiger partial charge < -0.3 is 15.6 Å². The fourth-order valence-electron chi connectivity index (χ4n) is 1.53. The molecule has 6 heteroatoms. The molecule has 0 saturated carbocycles. The third-order valence-corrected chi connectivity index (χ3v) is 2.62. The summed E-state index contributed by atoms with van der Waals surface area (Å²) in [7, 11) is 1.40. The maximum atomic E-state index is 12.9. The predicted molar refractivity (Wildman–Crippen MR) is 56.6 cm³/mol. The molecule has 1 aromatic carbocycles. The van der Waals surface area contributed by atoms with Crippen LogP contribution in [0.25, 0.3) is 0 Å². The molecule has 0 fully saturated rings. The summed E-state index contributed by atoms with van der Waals surface area (Å²) in [6, 6.07) is 3.50. The summed E-state index contributed by atoms with van der Waals surface area (Å²) in [6.45, 7) is 1.11. The lowest BCUT2D eigenvalue weighted by Gasteiger charge is -2.34. The van der Waals surface area contributed by atoms with Crippen LogP contribution in [0.15, 0.2) is 24.3 Å². The first-order valence-electron chi connectivity index (χ1n) is 4.92. The van der Waals surface area contributed by atoms with Crippen molar-refractivity contribution < 1.29 is 23.0 Å². The zero-order valence-electron chi connectivity index (χ0n) is 9.45. The number of rotatable bonds is 3. The van der Waals surface area contributed by atoms with Gasteiger partial charge in [-0.2, -0.15) is 13.2 Å². The summed E-state index contributed by atoms with van der Waals surface area (Å²) < 4.78 is 43.4. The molecule has 17 heavy (non-hydrogen) atoms. The monoisotopic (exact) mass is 249 g/mol. The fourth-order valence-corrected chi connectivity index (χ4v) is 1.53. The largest absolute Gasteiger partial charge is 0.497 e.